The van der Waals surface area contributed by atoms with E-state index in [2.05, 4.69) is 29.5 Å². The molecular weight excluding hydrogens is 596 g/mol. The van der Waals surface area contributed by atoms with Gasteiger partial charge in [0, 0.05) is 48.2 Å². The molecule has 3 aliphatic heterocycles. The lowest BCUT2D eigenvalue weighted by molar-refractivity contribution is -0.123. The number of nitrogens with one attached hydrogen (secondary N) is 2. The first kappa shape index (κ1) is 31.6. The number of benzene rings is 3. The third kappa shape index (κ3) is 7.54. The molecule has 0 radical (unpaired) electrons. The van der Waals surface area contributed by atoms with E-state index >= 15 is 0 Å². The number of amides is 3. The van der Waals surface area contributed by atoms with Gasteiger partial charge in [0.2, 0.25) is 0 Å². The number of carbonyl (C=O) groups excluding carboxylic acids is 3. The lowest BCUT2D eigenvalue weighted by Gasteiger charge is -2.22. The van der Waals surface area contributed by atoms with Crippen molar-refractivity contribution >= 4 is 17.7 Å². The topological polar surface area (TPSA) is 119 Å². The fraction of sp³-hybridized carbons (Fsp3) is 0.297. The zero-order chi connectivity index (χ0) is 32.9. The summed E-state index contributed by atoms with van der Waals surface area (Å²) in [7, 11) is 1.55. The normalized spacial score (nSPS) is 18.0. The van der Waals surface area contributed by atoms with Gasteiger partial charge < -0.3 is 29.7 Å². The molecule has 10 nitrogen and oxygen atoms in total. The highest BCUT2D eigenvalue weighted by Gasteiger charge is 2.38. The van der Waals surface area contributed by atoms with E-state index in [0.29, 0.717) is 39.9 Å². The van der Waals surface area contributed by atoms with Crippen molar-refractivity contribution in [3.05, 3.63) is 107 Å². The van der Waals surface area contributed by atoms with E-state index in [1.165, 1.54) is 11.8 Å². The summed E-state index contributed by atoms with van der Waals surface area (Å²) < 4.78 is 17.8. The van der Waals surface area contributed by atoms with Gasteiger partial charge in [-0.2, -0.15) is 0 Å². The monoisotopic (exact) mass is 634 g/mol. The zero-order valence-electron chi connectivity index (χ0n) is 26.7. The van der Waals surface area contributed by atoms with Gasteiger partial charge in [-0.25, -0.2) is 0 Å². The fourth-order valence-electron chi connectivity index (χ4n) is 5.89. The van der Waals surface area contributed by atoms with Crippen molar-refractivity contribution in [2.45, 2.75) is 39.0 Å². The smallest absolute Gasteiger partial charge is 0.258 e. The lowest BCUT2D eigenvalue weighted by Crippen LogP contribution is -2.45. The molecule has 0 aliphatic carbocycles. The number of aromatic nitrogens is 1. The van der Waals surface area contributed by atoms with Crippen LogP contribution in [0.25, 0.3) is 11.1 Å². The van der Waals surface area contributed by atoms with Crippen molar-refractivity contribution in [3.8, 4) is 28.4 Å². The Bertz CT molecular complexity index is 1770. The molecule has 4 aromatic rings. The third-order valence-corrected chi connectivity index (χ3v) is 8.27. The van der Waals surface area contributed by atoms with Gasteiger partial charge in [-0.15, -0.1) is 0 Å². The largest absolute Gasteiger partial charge is 0.496 e. The molecule has 1 fully saturated rings. The van der Waals surface area contributed by atoms with E-state index in [-0.39, 0.29) is 44.0 Å². The highest BCUT2D eigenvalue weighted by Crippen LogP contribution is 2.29. The summed E-state index contributed by atoms with van der Waals surface area (Å²) in [6.45, 7) is 4.91. The van der Waals surface area contributed by atoms with Gasteiger partial charge >= 0.3 is 0 Å². The Morgan fingerprint density at radius 2 is 1.77 bits per heavy atom. The van der Waals surface area contributed by atoms with Crippen LogP contribution in [0.5, 0.6) is 17.2 Å². The summed E-state index contributed by atoms with van der Waals surface area (Å²) >= 11 is 0. The second-order valence-electron chi connectivity index (χ2n) is 12.3. The summed E-state index contributed by atoms with van der Waals surface area (Å²) in [6.07, 6.45) is 3.56. The maximum absolute atomic E-state index is 13.7. The molecule has 0 unspecified atom stereocenters. The van der Waals surface area contributed by atoms with E-state index in [9.17, 15) is 14.4 Å². The molecule has 2 atom stereocenters. The molecule has 3 aromatic carbocycles. The molecule has 1 aromatic heterocycles. The number of methoxy groups -OCH3 is 1. The lowest BCUT2D eigenvalue weighted by atomic mass is 10.0. The molecular formula is C37H38N4O6. The van der Waals surface area contributed by atoms with Crippen molar-refractivity contribution in [3.63, 3.8) is 0 Å². The van der Waals surface area contributed by atoms with E-state index in [1.54, 1.807) is 48.5 Å². The van der Waals surface area contributed by atoms with Crippen molar-refractivity contribution in [2.24, 2.45) is 5.92 Å². The first-order chi connectivity index (χ1) is 22.7. The van der Waals surface area contributed by atoms with Crippen molar-refractivity contribution in [1.82, 2.24) is 20.5 Å². The second-order valence-corrected chi connectivity index (χ2v) is 12.3. The average molecular weight is 635 g/mol. The van der Waals surface area contributed by atoms with Crippen LogP contribution < -0.4 is 24.8 Å². The number of nitrogens with zero attached hydrogens (tertiary/aromatic N) is 2. The van der Waals surface area contributed by atoms with Gasteiger partial charge in [-0.1, -0.05) is 38.1 Å². The Kier molecular flexibility index (Phi) is 9.37. The van der Waals surface area contributed by atoms with Crippen molar-refractivity contribution in [1.29, 1.82) is 0 Å². The average Bonchev–Trinajstić information content (AvgIpc) is 3.47. The molecule has 0 saturated carbocycles. The molecule has 2 N–H and O–H groups in total. The quantitative estimate of drug-likeness (QED) is 0.335. The fourth-order valence-corrected chi connectivity index (χ4v) is 5.89. The van der Waals surface area contributed by atoms with E-state index in [0.717, 1.165) is 17.5 Å². The second kappa shape index (κ2) is 13.9. The Labute approximate surface area is 274 Å². The van der Waals surface area contributed by atoms with E-state index < -0.39 is 12.1 Å². The number of pyridine rings is 1. The number of hydrogen-bond donors (Lipinski definition) is 2. The van der Waals surface area contributed by atoms with E-state index in [4.69, 9.17) is 14.2 Å². The molecule has 3 aliphatic rings. The zero-order valence-corrected chi connectivity index (χ0v) is 26.7. The summed E-state index contributed by atoms with van der Waals surface area (Å²) in [5.41, 5.74) is 4.37. The highest BCUT2D eigenvalue weighted by molar-refractivity contribution is 5.96. The van der Waals surface area contributed by atoms with Crippen LogP contribution >= 0.6 is 0 Å². The summed E-state index contributed by atoms with van der Waals surface area (Å²) in [5.74, 6) is 1.30. The van der Waals surface area contributed by atoms with Gasteiger partial charge in [-0.05, 0) is 65.9 Å². The SMILES string of the molecule is COc1cc2ccc1CNC(=O)COc1cccc(c1)-c1cncc(c1)C(=O)N[C@H]1CN(C(=O)c3ccc(CC(C)C)cc3)C[C@@H]1O2. The van der Waals surface area contributed by atoms with E-state index in [1.807, 2.05) is 42.5 Å². The number of ether oxygens (including phenoxy) is 3. The molecule has 6 bridgehead atoms. The standard InChI is InChI=1S/C37H38N4O6/c1-23(2)13-24-7-9-25(10-8-24)37(44)41-20-32-34(21-41)47-31-12-11-27(33(16-31)45-3)19-39-35(42)22-46-30-6-4-5-26(15-30)28-14-29(18-38-17-28)36(43)40-32/h4-12,14-18,23,32,34H,13,19-22H2,1-3H3,(H,39,42)(H,40,43)/t32-,34-/m0/s1. The Morgan fingerprint density at radius 3 is 2.55 bits per heavy atom. The summed E-state index contributed by atoms with van der Waals surface area (Å²) in [5, 5.41) is 5.98. The first-order valence-corrected chi connectivity index (χ1v) is 15.7. The predicted molar refractivity (Wildman–Crippen MR) is 177 cm³/mol. The van der Waals surface area contributed by atoms with Gasteiger partial charge in [-0.3, -0.25) is 19.4 Å². The Balaban J connectivity index is 1.31. The van der Waals surface area contributed by atoms with Crippen LogP contribution in [0, 0.1) is 5.92 Å². The van der Waals surface area contributed by atoms with Crippen LogP contribution in [-0.2, 0) is 17.8 Å². The van der Waals surface area contributed by atoms with Crippen LogP contribution in [0.2, 0.25) is 0 Å². The first-order valence-electron chi connectivity index (χ1n) is 15.7. The maximum Gasteiger partial charge on any atom is 0.258 e. The Morgan fingerprint density at radius 1 is 0.957 bits per heavy atom. The number of hydrogen-bond acceptors (Lipinski definition) is 7. The molecule has 1 saturated heterocycles. The molecule has 47 heavy (non-hydrogen) atoms. The summed E-state index contributed by atoms with van der Waals surface area (Å²) in [4.78, 5) is 46.0. The van der Waals surface area contributed by atoms with Gasteiger partial charge in [0.15, 0.2) is 6.61 Å². The van der Waals surface area contributed by atoms with Crippen molar-refractivity contribution < 1.29 is 28.6 Å². The minimum atomic E-state index is -0.547. The van der Waals surface area contributed by atoms with Crippen LogP contribution in [0.4, 0.5) is 0 Å². The molecule has 10 heteroatoms. The minimum absolute atomic E-state index is 0.133. The molecule has 242 valence electrons. The molecule has 7 rings (SSSR count). The Hall–Kier alpha value is -5.38. The van der Waals surface area contributed by atoms with Gasteiger partial charge in [0.1, 0.15) is 23.4 Å². The summed E-state index contributed by atoms with van der Waals surface area (Å²) in [6, 6.07) is 21.6. The van der Waals surface area contributed by atoms with Gasteiger partial charge in [0.25, 0.3) is 17.7 Å². The number of carbonyl (C=O) groups is 3. The van der Waals surface area contributed by atoms with Crippen LogP contribution in [0.3, 0.4) is 0 Å². The predicted octanol–water partition coefficient (Wildman–Crippen LogP) is 4.67. The van der Waals surface area contributed by atoms with Crippen LogP contribution in [0.15, 0.2) is 85.2 Å². The number of likely N-dealkylation sites (tertiary alicyclic amines) is 1. The maximum atomic E-state index is 13.7. The molecule has 0 spiro atoms. The number of rotatable bonds is 4. The van der Waals surface area contributed by atoms with Crippen molar-refractivity contribution in [2.75, 3.05) is 26.8 Å². The molecule has 3 amide bonds. The van der Waals surface area contributed by atoms with Crippen LogP contribution in [0.1, 0.15) is 45.7 Å². The highest BCUT2D eigenvalue weighted by atomic mass is 16.5. The third-order valence-electron chi connectivity index (χ3n) is 8.27. The minimum Gasteiger partial charge on any atom is -0.496 e. The number of fused-ring (bicyclic) bond motifs is 7. The molecule has 4 heterocycles. The van der Waals surface area contributed by atoms with Crippen LogP contribution in [-0.4, -0.2) is 66.6 Å². The van der Waals surface area contributed by atoms with Gasteiger partial charge in [0.05, 0.1) is 25.3 Å².